The average molecular weight is 443 g/mol. The normalized spacial score (nSPS) is 12.8. The molecule has 0 aliphatic carbocycles. The molecule has 6 heteroatoms. The first-order valence-corrected chi connectivity index (χ1v) is 10.7. The third kappa shape index (κ3) is 4.96. The predicted octanol–water partition coefficient (Wildman–Crippen LogP) is 4.39. The van der Waals surface area contributed by atoms with E-state index < -0.39 is 17.8 Å². The monoisotopic (exact) mass is 443 g/mol. The van der Waals surface area contributed by atoms with E-state index in [1.807, 2.05) is 54.6 Å². The van der Waals surface area contributed by atoms with Crippen LogP contribution >= 0.6 is 0 Å². The van der Waals surface area contributed by atoms with Gasteiger partial charge in [0.2, 0.25) is 0 Å². The molecule has 33 heavy (non-hydrogen) atoms. The number of benzene rings is 3. The summed E-state index contributed by atoms with van der Waals surface area (Å²) in [6, 6.07) is 23.8. The minimum absolute atomic E-state index is 0.0720. The molecule has 2 atom stereocenters. The fourth-order valence-corrected chi connectivity index (χ4v) is 3.71. The Labute approximate surface area is 191 Å². The van der Waals surface area contributed by atoms with E-state index in [0.717, 1.165) is 22.1 Å². The molecule has 2 unspecified atom stereocenters. The molecule has 4 rings (SSSR count). The molecule has 168 valence electrons. The van der Waals surface area contributed by atoms with Crippen LogP contribution in [0.15, 0.2) is 88.1 Å². The number of hydrogen-bond acceptors (Lipinski definition) is 5. The highest BCUT2D eigenvalue weighted by molar-refractivity contribution is 5.95. The van der Waals surface area contributed by atoms with Gasteiger partial charge in [0, 0.05) is 23.6 Å². The van der Waals surface area contributed by atoms with E-state index in [9.17, 15) is 14.7 Å². The fourth-order valence-electron chi connectivity index (χ4n) is 3.71. The number of carbonyl (C=O) groups is 1. The Hall–Kier alpha value is -3.90. The smallest absolute Gasteiger partial charge is 0.336 e. The molecule has 0 saturated carbocycles. The highest BCUT2D eigenvalue weighted by Gasteiger charge is 2.19. The van der Waals surface area contributed by atoms with Gasteiger partial charge in [-0.05, 0) is 42.7 Å². The highest BCUT2D eigenvalue weighted by Crippen LogP contribution is 2.33. The summed E-state index contributed by atoms with van der Waals surface area (Å²) >= 11 is 0. The molecule has 0 saturated heterocycles. The van der Waals surface area contributed by atoms with Gasteiger partial charge in [-0.1, -0.05) is 60.7 Å². The van der Waals surface area contributed by atoms with Gasteiger partial charge in [0.25, 0.3) is 5.91 Å². The van der Waals surface area contributed by atoms with Crippen LogP contribution in [0.1, 0.15) is 24.2 Å². The first-order valence-electron chi connectivity index (χ1n) is 10.7. The maximum absolute atomic E-state index is 12.5. The number of hydrogen-bond donors (Lipinski definition) is 2. The Balaban J connectivity index is 1.52. The summed E-state index contributed by atoms with van der Waals surface area (Å²) < 4.78 is 11.4. The summed E-state index contributed by atoms with van der Waals surface area (Å²) in [5.74, 6) is 0.0890. The van der Waals surface area contributed by atoms with E-state index in [2.05, 4.69) is 5.32 Å². The molecule has 0 aliphatic heterocycles. The minimum Gasteiger partial charge on any atom is -0.480 e. The summed E-state index contributed by atoms with van der Waals surface area (Å²) in [5.41, 5.74) is 3.01. The van der Waals surface area contributed by atoms with Gasteiger partial charge in [-0.25, -0.2) is 4.79 Å². The number of nitrogens with one attached hydrogen (secondary N) is 1. The predicted molar refractivity (Wildman–Crippen MR) is 127 cm³/mol. The second kappa shape index (κ2) is 9.71. The second-order valence-electron chi connectivity index (χ2n) is 7.84. The second-order valence-corrected chi connectivity index (χ2v) is 7.84. The van der Waals surface area contributed by atoms with Crippen molar-refractivity contribution in [1.29, 1.82) is 0 Å². The van der Waals surface area contributed by atoms with Gasteiger partial charge in [0.1, 0.15) is 11.3 Å². The Morgan fingerprint density at radius 1 is 1.03 bits per heavy atom. The van der Waals surface area contributed by atoms with E-state index in [4.69, 9.17) is 9.15 Å². The maximum atomic E-state index is 12.5. The Morgan fingerprint density at radius 3 is 2.39 bits per heavy atom. The molecule has 0 aliphatic rings. The zero-order valence-electron chi connectivity index (χ0n) is 18.4. The largest absolute Gasteiger partial charge is 0.480 e. The van der Waals surface area contributed by atoms with Crippen molar-refractivity contribution in [1.82, 2.24) is 5.32 Å². The van der Waals surface area contributed by atoms with E-state index in [-0.39, 0.29) is 12.5 Å². The lowest BCUT2D eigenvalue weighted by atomic mass is 10.00. The lowest BCUT2D eigenvalue weighted by Gasteiger charge is -2.18. The molecule has 0 spiro atoms. The van der Waals surface area contributed by atoms with Gasteiger partial charge in [0.15, 0.2) is 6.10 Å². The molecule has 1 aromatic heterocycles. The van der Waals surface area contributed by atoms with Crippen LogP contribution in [0.5, 0.6) is 5.75 Å². The fraction of sp³-hybridized carbons (Fsp3) is 0.185. The van der Waals surface area contributed by atoms with Crippen molar-refractivity contribution >= 4 is 16.9 Å². The topological polar surface area (TPSA) is 88.8 Å². The summed E-state index contributed by atoms with van der Waals surface area (Å²) in [5, 5.41) is 13.7. The van der Waals surface area contributed by atoms with Gasteiger partial charge >= 0.3 is 5.63 Å². The van der Waals surface area contributed by atoms with Crippen molar-refractivity contribution in [2.24, 2.45) is 0 Å². The van der Waals surface area contributed by atoms with Crippen molar-refractivity contribution in [3.8, 4) is 16.9 Å². The van der Waals surface area contributed by atoms with Crippen molar-refractivity contribution in [3.63, 3.8) is 0 Å². The Kier molecular flexibility index (Phi) is 6.56. The third-order valence-electron chi connectivity index (χ3n) is 5.52. The van der Waals surface area contributed by atoms with Gasteiger partial charge in [-0.2, -0.15) is 0 Å². The van der Waals surface area contributed by atoms with Crippen LogP contribution in [-0.4, -0.2) is 23.7 Å². The van der Waals surface area contributed by atoms with Gasteiger partial charge in [-0.15, -0.1) is 0 Å². The van der Waals surface area contributed by atoms with Crippen LogP contribution < -0.4 is 15.7 Å². The summed E-state index contributed by atoms with van der Waals surface area (Å²) in [6.07, 6.45) is -1.62. The standard InChI is InChI=1S/C27H25NO5/c1-17-24(32-18(2)27(31)28-16-23(29)20-11-7-4-8-12-20)14-13-21-22(15-25(30)33-26(17)21)19-9-5-3-6-10-19/h3-15,18,23,29H,16H2,1-2H3,(H,28,31). The number of aliphatic hydroxyl groups is 1. The molecular weight excluding hydrogens is 418 g/mol. The molecule has 1 amide bonds. The van der Waals surface area contributed by atoms with Crippen molar-refractivity contribution < 1.29 is 19.1 Å². The van der Waals surface area contributed by atoms with Gasteiger partial charge in [-0.3, -0.25) is 4.79 Å². The minimum atomic E-state index is -0.812. The number of fused-ring (bicyclic) bond motifs is 1. The van der Waals surface area contributed by atoms with Crippen LogP contribution in [0.25, 0.3) is 22.1 Å². The average Bonchev–Trinajstić information content (AvgIpc) is 2.84. The molecule has 3 aromatic carbocycles. The first-order chi connectivity index (χ1) is 15.9. The van der Waals surface area contributed by atoms with Crippen LogP contribution in [-0.2, 0) is 4.79 Å². The first kappa shape index (κ1) is 22.3. The summed E-state index contributed by atoms with van der Waals surface area (Å²) in [7, 11) is 0. The third-order valence-corrected chi connectivity index (χ3v) is 5.52. The highest BCUT2D eigenvalue weighted by atomic mass is 16.5. The molecule has 0 radical (unpaired) electrons. The molecule has 4 aromatic rings. The van der Waals surface area contributed by atoms with Crippen LogP contribution in [0.2, 0.25) is 0 Å². The van der Waals surface area contributed by atoms with Crippen molar-refractivity contribution in [3.05, 3.63) is 100 Å². The van der Waals surface area contributed by atoms with E-state index in [1.165, 1.54) is 6.07 Å². The number of ether oxygens (including phenoxy) is 1. The van der Waals surface area contributed by atoms with Crippen LogP contribution in [0, 0.1) is 6.92 Å². The van der Waals surface area contributed by atoms with E-state index in [0.29, 0.717) is 16.9 Å². The van der Waals surface area contributed by atoms with E-state index in [1.54, 1.807) is 32.0 Å². The van der Waals surface area contributed by atoms with E-state index >= 15 is 0 Å². The van der Waals surface area contributed by atoms with Crippen molar-refractivity contribution in [2.75, 3.05) is 6.54 Å². The number of amides is 1. The zero-order chi connectivity index (χ0) is 23.4. The molecule has 0 fully saturated rings. The Bertz CT molecular complexity index is 1320. The maximum Gasteiger partial charge on any atom is 0.336 e. The quantitative estimate of drug-likeness (QED) is 0.414. The van der Waals surface area contributed by atoms with Crippen LogP contribution in [0.3, 0.4) is 0 Å². The molecule has 1 heterocycles. The zero-order valence-corrected chi connectivity index (χ0v) is 18.4. The lowest BCUT2D eigenvalue weighted by Crippen LogP contribution is -2.38. The van der Waals surface area contributed by atoms with Gasteiger partial charge < -0.3 is 19.6 Å². The molecule has 6 nitrogen and oxygen atoms in total. The van der Waals surface area contributed by atoms with Gasteiger partial charge in [0.05, 0.1) is 6.10 Å². The Morgan fingerprint density at radius 2 is 1.70 bits per heavy atom. The number of rotatable bonds is 7. The number of carbonyl (C=O) groups excluding carboxylic acids is 1. The van der Waals surface area contributed by atoms with Crippen molar-refractivity contribution in [2.45, 2.75) is 26.1 Å². The summed E-state index contributed by atoms with van der Waals surface area (Å²) in [4.78, 5) is 24.8. The van der Waals surface area contributed by atoms with Crippen LogP contribution in [0.4, 0.5) is 0 Å². The molecular formula is C27H25NO5. The summed E-state index contributed by atoms with van der Waals surface area (Å²) in [6.45, 7) is 3.49. The SMILES string of the molecule is Cc1c(OC(C)C(=O)NCC(O)c2ccccc2)ccc2c(-c3ccccc3)cc(=O)oc12. The number of aryl methyl sites for hydroxylation is 1. The lowest BCUT2D eigenvalue weighted by molar-refractivity contribution is -0.127. The molecule has 0 bridgehead atoms. The molecule has 2 N–H and O–H groups in total. The number of aliphatic hydroxyl groups excluding tert-OH is 1.